The van der Waals surface area contributed by atoms with Crippen LogP contribution >= 0.6 is 11.3 Å². The Morgan fingerprint density at radius 1 is 0.962 bits per heavy atom. The Hall–Kier alpha value is -2.17. The van der Waals surface area contributed by atoms with E-state index in [1.54, 1.807) is 11.3 Å². The fourth-order valence-electron chi connectivity index (χ4n) is 4.64. The molecule has 3 nitrogen and oxygen atoms in total. The Kier molecular flexibility index (Phi) is 4.03. The predicted octanol–water partition coefficient (Wildman–Crippen LogP) is 4.20. The molecule has 0 aliphatic carbocycles. The summed E-state index contributed by atoms with van der Waals surface area (Å²) in [5, 5.41) is 2.04. The van der Waals surface area contributed by atoms with Gasteiger partial charge in [-0.1, -0.05) is 36.4 Å². The van der Waals surface area contributed by atoms with Gasteiger partial charge >= 0.3 is 0 Å². The van der Waals surface area contributed by atoms with Gasteiger partial charge in [-0.05, 0) is 41.5 Å². The van der Waals surface area contributed by atoms with Crippen LogP contribution in [-0.2, 0) is 13.1 Å². The average Bonchev–Trinajstić information content (AvgIpc) is 3.18. The van der Waals surface area contributed by atoms with Gasteiger partial charge in [-0.25, -0.2) is 0 Å². The van der Waals surface area contributed by atoms with Gasteiger partial charge in [0.1, 0.15) is 0 Å². The molecule has 1 aromatic carbocycles. The fourth-order valence-corrected chi connectivity index (χ4v) is 5.38. The summed E-state index contributed by atoms with van der Waals surface area (Å²) >= 11 is 1.64. The number of nitrogens with zero attached hydrogens (tertiary/aromatic N) is 2. The van der Waals surface area contributed by atoms with Crippen LogP contribution in [0, 0.1) is 5.92 Å². The molecular weight excluding hydrogens is 340 g/mol. The van der Waals surface area contributed by atoms with E-state index < -0.39 is 0 Å². The van der Waals surface area contributed by atoms with Gasteiger partial charge in [-0.2, -0.15) is 0 Å². The molecule has 0 N–H and O–H groups in total. The number of likely N-dealkylation sites (tertiary alicyclic amines) is 1. The van der Waals surface area contributed by atoms with Gasteiger partial charge in [0.25, 0.3) is 5.56 Å². The monoisotopic (exact) mass is 362 g/mol. The average molecular weight is 362 g/mol. The Labute approximate surface area is 157 Å². The molecule has 2 aliphatic rings. The molecular formula is C22H22N2OS. The van der Waals surface area contributed by atoms with Crippen molar-refractivity contribution in [1.82, 2.24) is 9.47 Å². The number of hydrogen-bond donors (Lipinski definition) is 0. The summed E-state index contributed by atoms with van der Waals surface area (Å²) in [5.74, 6) is 1.04. The maximum Gasteiger partial charge on any atom is 0.259 e. The lowest BCUT2D eigenvalue weighted by Crippen LogP contribution is -2.46. The fraction of sp³-hybridized carbons (Fsp3) is 0.318. The number of piperidine rings is 1. The highest BCUT2D eigenvalue weighted by Gasteiger charge is 2.34. The molecule has 1 fully saturated rings. The topological polar surface area (TPSA) is 25.2 Å². The second kappa shape index (κ2) is 6.53. The van der Waals surface area contributed by atoms with Gasteiger partial charge in [0.2, 0.25) is 0 Å². The number of aromatic nitrogens is 1. The third-order valence-corrected chi connectivity index (χ3v) is 6.62. The van der Waals surface area contributed by atoms with Crippen LogP contribution < -0.4 is 5.56 Å². The zero-order valence-electron chi connectivity index (χ0n) is 14.7. The molecule has 3 aromatic rings. The largest absolute Gasteiger partial charge is 0.311 e. The molecule has 2 bridgehead atoms. The number of hydrogen-bond acceptors (Lipinski definition) is 3. The van der Waals surface area contributed by atoms with Crippen LogP contribution in [0.1, 0.15) is 23.6 Å². The molecule has 26 heavy (non-hydrogen) atoms. The number of benzene rings is 1. The van der Waals surface area contributed by atoms with Crippen LogP contribution in [0.4, 0.5) is 0 Å². The van der Waals surface area contributed by atoms with E-state index in [1.165, 1.54) is 17.7 Å². The van der Waals surface area contributed by atoms with Crippen LogP contribution in [0.25, 0.3) is 10.4 Å². The molecule has 132 valence electrons. The third-order valence-electron chi connectivity index (χ3n) is 5.72. The molecule has 2 aliphatic heterocycles. The quantitative estimate of drug-likeness (QED) is 0.698. The number of thiophene rings is 1. The maximum absolute atomic E-state index is 13.1. The van der Waals surface area contributed by atoms with E-state index >= 15 is 0 Å². The number of fused-ring (bicyclic) bond motifs is 4. The lowest BCUT2D eigenvalue weighted by Gasteiger charge is -2.43. The zero-order chi connectivity index (χ0) is 17.5. The first-order valence-electron chi connectivity index (χ1n) is 9.32. The highest BCUT2D eigenvalue weighted by atomic mass is 32.1. The van der Waals surface area contributed by atoms with Crippen molar-refractivity contribution < 1.29 is 0 Å². The first kappa shape index (κ1) is 16.0. The molecule has 2 aromatic heterocycles. The summed E-state index contributed by atoms with van der Waals surface area (Å²) in [4.78, 5) is 16.7. The Morgan fingerprint density at radius 2 is 1.85 bits per heavy atom. The highest BCUT2D eigenvalue weighted by molar-refractivity contribution is 7.13. The number of rotatable bonds is 3. The summed E-state index contributed by atoms with van der Waals surface area (Å²) in [6, 6.07) is 19.0. The summed E-state index contributed by atoms with van der Waals surface area (Å²) in [5.41, 5.74) is 3.64. The minimum atomic E-state index is 0.191. The van der Waals surface area contributed by atoms with Gasteiger partial charge in [0.15, 0.2) is 0 Å². The van der Waals surface area contributed by atoms with E-state index in [9.17, 15) is 4.79 Å². The Balaban J connectivity index is 1.44. The van der Waals surface area contributed by atoms with Crippen LogP contribution in [0.15, 0.2) is 64.8 Å². The smallest absolute Gasteiger partial charge is 0.259 e. The first-order chi connectivity index (χ1) is 12.8. The summed E-state index contributed by atoms with van der Waals surface area (Å²) in [6.07, 6.45) is 1.21. The summed E-state index contributed by atoms with van der Waals surface area (Å²) in [6.45, 7) is 3.99. The van der Waals surface area contributed by atoms with E-state index in [1.807, 2.05) is 23.6 Å². The van der Waals surface area contributed by atoms with Gasteiger partial charge in [0.05, 0.1) is 5.56 Å². The zero-order valence-corrected chi connectivity index (χ0v) is 15.5. The van der Waals surface area contributed by atoms with Crippen LogP contribution in [-0.4, -0.2) is 22.6 Å². The second-order valence-electron chi connectivity index (χ2n) is 7.54. The van der Waals surface area contributed by atoms with Gasteiger partial charge < -0.3 is 4.57 Å². The molecule has 4 heterocycles. The van der Waals surface area contributed by atoms with Crippen molar-refractivity contribution in [2.45, 2.75) is 25.4 Å². The van der Waals surface area contributed by atoms with E-state index in [2.05, 4.69) is 45.9 Å². The van der Waals surface area contributed by atoms with Crippen LogP contribution in [0.5, 0.6) is 0 Å². The van der Waals surface area contributed by atoms with Crippen molar-refractivity contribution in [3.05, 3.63) is 81.6 Å². The van der Waals surface area contributed by atoms with E-state index in [-0.39, 0.29) is 5.56 Å². The number of pyridine rings is 1. The lowest BCUT2D eigenvalue weighted by molar-refractivity contribution is 0.114. The minimum absolute atomic E-state index is 0.191. The SMILES string of the molecule is O=c1c(-c2cccs2)ccc2n1C[C@H]1C[C@@H]2CN(Cc2ccccc2)C1. The molecule has 0 saturated carbocycles. The van der Waals surface area contributed by atoms with Crippen LogP contribution in [0.2, 0.25) is 0 Å². The van der Waals surface area contributed by atoms with Crippen molar-refractivity contribution in [2.24, 2.45) is 5.92 Å². The lowest BCUT2D eigenvalue weighted by atomic mass is 9.82. The minimum Gasteiger partial charge on any atom is -0.311 e. The Morgan fingerprint density at radius 3 is 2.65 bits per heavy atom. The summed E-state index contributed by atoms with van der Waals surface area (Å²) in [7, 11) is 0. The molecule has 4 heteroatoms. The molecule has 0 spiro atoms. The molecule has 0 unspecified atom stereocenters. The molecule has 0 radical (unpaired) electrons. The Bertz CT molecular complexity index is 962. The van der Waals surface area contributed by atoms with E-state index in [0.717, 1.165) is 36.6 Å². The normalized spacial score (nSPS) is 22.2. The van der Waals surface area contributed by atoms with Crippen molar-refractivity contribution in [1.29, 1.82) is 0 Å². The highest BCUT2D eigenvalue weighted by Crippen LogP contribution is 2.36. The first-order valence-corrected chi connectivity index (χ1v) is 10.2. The standard InChI is InChI=1S/C22H22N2OS/c25-22-19(21-7-4-10-26-21)8-9-20-18-11-17(14-24(20)22)13-23(15-18)12-16-5-2-1-3-6-16/h1-10,17-18H,11-15H2/t17-,18+/m0/s1. The summed E-state index contributed by atoms with van der Waals surface area (Å²) < 4.78 is 2.06. The predicted molar refractivity (Wildman–Crippen MR) is 107 cm³/mol. The molecule has 1 saturated heterocycles. The molecule has 2 atom stereocenters. The van der Waals surface area contributed by atoms with Crippen LogP contribution in [0.3, 0.4) is 0 Å². The van der Waals surface area contributed by atoms with Crippen molar-refractivity contribution in [3.8, 4) is 10.4 Å². The van der Waals surface area contributed by atoms with Crippen molar-refractivity contribution in [2.75, 3.05) is 13.1 Å². The second-order valence-corrected chi connectivity index (χ2v) is 8.49. The molecule has 0 amide bonds. The van der Waals surface area contributed by atoms with Gasteiger partial charge in [-0.3, -0.25) is 9.69 Å². The third kappa shape index (κ3) is 2.83. The van der Waals surface area contributed by atoms with Crippen molar-refractivity contribution >= 4 is 11.3 Å². The maximum atomic E-state index is 13.1. The molecule has 5 rings (SSSR count). The van der Waals surface area contributed by atoms with Gasteiger partial charge in [-0.15, -0.1) is 11.3 Å². The van der Waals surface area contributed by atoms with Crippen molar-refractivity contribution in [3.63, 3.8) is 0 Å². The van der Waals surface area contributed by atoms with E-state index in [4.69, 9.17) is 0 Å². The van der Waals surface area contributed by atoms with Gasteiger partial charge in [0, 0.05) is 42.7 Å². The van der Waals surface area contributed by atoms with E-state index in [0.29, 0.717) is 11.8 Å².